The number of hydrogen-bond acceptors (Lipinski definition) is 2. The van der Waals surface area contributed by atoms with Crippen molar-refractivity contribution in [3.63, 3.8) is 0 Å². The first-order valence-electron chi connectivity index (χ1n) is 3.28. The van der Waals surface area contributed by atoms with Crippen LogP contribution in [0.15, 0.2) is 12.1 Å². The van der Waals surface area contributed by atoms with Gasteiger partial charge in [0.15, 0.2) is 0 Å². The minimum Gasteiger partial charge on any atom is -0.325 e. The first-order valence-corrected chi connectivity index (χ1v) is 3.28. The van der Waals surface area contributed by atoms with E-state index in [4.69, 9.17) is 5.73 Å². The number of rotatable bonds is 2. The maximum absolute atomic E-state index is 12.5. The smallest absolute Gasteiger partial charge is 0.264 e. The summed E-state index contributed by atoms with van der Waals surface area (Å²) in [6.45, 7) is -0.0442. The molecule has 1 aromatic heterocycles. The molecule has 0 radical (unpaired) electrons. The van der Waals surface area contributed by atoms with Crippen molar-refractivity contribution in [3.8, 4) is 0 Å². The van der Waals surface area contributed by atoms with E-state index in [0.717, 1.165) is 6.07 Å². The maximum atomic E-state index is 12.5. The third kappa shape index (κ3) is 1.94. The molecule has 2 nitrogen and oxygen atoms in total. The second-order valence-electron chi connectivity index (χ2n) is 2.22. The van der Waals surface area contributed by atoms with Gasteiger partial charge in [0, 0.05) is 18.2 Å². The van der Waals surface area contributed by atoms with Crippen molar-refractivity contribution < 1.29 is 13.2 Å². The molecule has 0 saturated heterocycles. The molecule has 2 N–H and O–H groups in total. The molecule has 0 unspecified atom stereocenters. The molecule has 0 aromatic carbocycles. The highest BCUT2D eigenvalue weighted by Crippen LogP contribution is 2.19. The Labute approximate surface area is 67.2 Å². The molecular formula is C7H7F3N2. The molecule has 12 heavy (non-hydrogen) atoms. The first-order chi connectivity index (χ1) is 5.63. The Morgan fingerprint density at radius 2 is 2.08 bits per heavy atom. The van der Waals surface area contributed by atoms with Gasteiger partial charge in [-0.1, -0.05) is 0 Å². The Balaban J connectivity index is 3.06. The van der Waals surface area contributed by atoms with E-state index in [9.17, 15) is 13.2 Å². The number of alkyl halides is 2. The summed E-state index contributed by atoms with van der Waals surface area (Å²) in [5, 5.41) is 0. The van der Waals surface area contributed by atoms with Gasteiger partial charge < -0.3 is 5.73 Å². The predicted octanol–water partition coefficient (Wildman–Crippen LogP) is 1.62. The third-order valence-corrected chi connectivity index (χ3v) is 1.33. The number of halogens is 3. The van der Waals surface area contributed by atoms with Gasteiger partial charge in [-0.15, -0.1) is 0 Å². The molecular weight excluding hydrogens is 169 g/mol. The van der Waals surface area contributed by atoms with Crippen LogP contribution in [0.2, 0.25) is 0 Å². The van der Waals surface area contributed by atoms with Crippen molar-refractivity contribution in [1.82, 2.24) is 4.98 Å². The van der Waals surface area contributed by atoms with Crippen LogP contribution in [-0.2, 0) is 6.54 Å². The number of nitrogens with two attached hydrogens (primary N) is 1. The summed E-state index contributed by atoms with van der Waals surface area (Å²) < 4.78 is 36.5. The maximum Gasteiger partial charge on any atom is 0.264 e. The fraction of sp³-hybridized carbons (Fsp3) is 0.286. The minimum absolute atomic E-state index is 0.0442. The van der Waals surface area contributed by atoms with Crippen molar-refractivity contribution in [2.45, 2.75) is 13.0 Å². The Bertz CT molecular complexity index is 275. The Kier molecular flexibility index (Phi) is 2.65. The second-order valence-corrected chi connectivity index (χ2v) is 2.22. The zero-order valence-electron chi connectivity index (χ0n) is 6.10. The van der Waals surface area contributed by atoms with Gasteiger partial charge in [0.2, 0.25) is 5.95 Å². The van der Waals surface area contributed by atoms with E-state index in [2.05, 4.69) is 4.98 Å². The lowest BCUT2D eigenvalue weighted by atomic mass is 10.2. The molecule has 0 aliphatic rings. The number of aromatic nitrogens is 1. The van der Waals surface area contributed by atoms with E-state index in [1.54, 1.807) is 0 Å². The van der Waals surface area contributed by atoms with E-state index < -0.39 is 12.4 Å². The normalized spacial score (nSPS) is 10.8. The van der Waals surface area contributed by atoms with Gasteiger partial charge in [0.25, 0.3) is 6.43 Å². The Morgan fingerprint density at radius 1 is 1.42 bits per heavy atom. The van der Waals surface area contributed by atoms with Gasteiger partial charge in [-0.25, -0.2) is 13.8 Å². The molecule has 0 saturated carbocycles. The lowest BCUT2D eigenvalue weighted by Crippen LogP contribution is -2.02. The fourth-order valence-corrected chi connectivity index (χ4v) is 0.804. The van der Waals surface area contributed by atoms with Gasteiger partial charge in [-0.05, 0) is 6.07 Å². The standard InChI is InChI=1S/C7H7F3N2/c8-6-2-4(7(9)10)1-5(3-11)12-6/h1-2,7H,3,11H2. The average molecular weight is 176 g/mol. The first kappa shape index (κ1) is 8.99. The van der Waals surface area contributed by atoms with Crippen molar-refractivity contribution in [2.24, 2.45) is 5.73 Å². The van der Waals surface area contributed by atoms with E-state index in [-0.39, 0.29) is 17.8 Å². The zero-order valence-corrected chi connectivity index (χ0v) is 6.10. The molecule has 1 aromatic rings. The third-order valence-electron chi connectivity index (χ3n) is 1.33. The van der Waals surface area contributed by atoms with Crippen LogP contribution in [0.4, 0.5) is 13.2 Å². The molecule has 66 valence electrons. The van der Waals surface area contributed by atoms with E-state index in [1.807, 2.05) is 0 Å². The van der Waals surface area contributed by atoms with E-state index in [0.29, 0.717) is 6.07 Å². The van der Waals surface area contributed by atoms with Crippen LogP contribution in [0.5, 0.6) is 0 Å². The van der Waals surface area contributed by atoms with Crippen molar-refractivity contribution in [1.29, 1.82) is 0 Å². The van der Waals surface area contributed by atoms with E-state index in [1.165, 1.54) is 0 Å². The highest BCUT2D eigenvalue weighted by Gasteiger charge is 2.09. The van der Waals surface area contributed by atoms with Crippen molar-refractivity contribution in [3.05, 3.63) is 29.3 Å². The Hall–Kier alpha value is -1.10. The summed E-state index contributed by atoms with van der Waals surface area (Å²) in [7, 11) is 0. The summed E-state index contributed by atoms with van der Waals surface area (Å²) in [4.78, 5) is 3.31. The molecule has 0 amide bonds. The van der Waals surface area contributed by atoms with Crippen LogP contribution in [0.25, 0.3) is 0 Å². The molecule has 1 rings (SSSR count). The quantitative estimate of drug-likeness (QED) is 0.695. The summed E-state index contributed by atoms with van der Waals surface area (Å²) in [6.07, 6.45) is -2.69. The number of nitrogens with zero attached hydrogens (tertiary/aromatic N) is 1. The topological polar surface area (TPSA) is 38.9 Å². The molecule has 0 aliphatic carbocycles. The summed E-state index contributed by atoms with van der Waals surface area (Å²) in [6, 6.07) is 1.79. The molecule has 0 spiro atoms. The van der Waals surface area contributed by atoms with Crippen LogP contribution in [0.3, 0.4) is 0 Å². The average Bonchev–Trinajstić information content (AvgIpc) is 2.03. The minimum atomic E-state index is -2.69. The summed E-state index contributed by atoms with van der Waals surface area (Å²) in [5.74, 6) is -0.923. The SMILES string of the molecule is NCc1cc(C(F)F)cc(F)n1. The van der Waals surface area contributed by atoms with Crippen LogP contribution < -0.4 is 5.73 Å². The predicted molar refractivity (Wildman–Crippen MR) is 37.0 cm³/mol. The van der Waals surface area contributed by atoms with Crippen LogP contribution in [-0.4, -0.2) is 4.98 Å². The van der Waals surface area contributed by atoms with Crippen molar-refractivity contribution >= 4 is 0 Å². The van der Waals surface area contributed by atoms with Gasteiger partial charge in [-0.3, -0.25) is 0 Å². The molecule has 0 atom stereocenters. The second kappa shape index (κ2) is 3.53. The number of hydrogen-bond donors (Lipinski definition) is 1. The lowest BCUT2D eigenvalue weighted by molar-refractivity contribution is 0.150. The van der Waals surface area contributed by atoms with Gasteiger partial charge in [0.1, 0.15) is 0 Å². The molecule has 0 aliphatic heterocycles. The van der Waals surface area contributed by atoms with Gasteiger partial charge in [-0.2, -0.15) is 4.39 Å². The summed E-state index contributed by atoms with van der Waals surface area (Å²) in [5.41, 5.74) is 4.86. The molecule has 0 bridgehead atoms. The summed E-state index contributed by atoms with van der Waals surface area (Å²) >= 11 is 0. The monoisotopic (exact) mass is 176 g/mol. The van der Waals surface area contributed by atoms with Gasteiger partial charge in [0.05, 0.1) is 5.69 Å². The van der Waals surface area contributed by atoms with Gasteiger partial charge >= 0.3 is 0 Å². The molecule has 1 heterocycles. The largest absolute Gasteiger partial charge is 0.325 e. The molecule has 0 fully saturated rings. The van der Waals surface area contributed by atoms with Crippen molar-refractivity contribution in [2.75, 3.05) is 0 Å². The fourth-order valence-electron chi connectivity index (χ4n) is 0.804. The van der Waals surface area contributed by atoms with Crippen LogP contribution in [0.1, 0.15) is 17.7 Å². The highest BCUT2D eigenvalue weighted by atomic mass is 19.3. The lowest BCUT2D eigenvalue weighted by Gasteiger charge is -2.01. The highest BCUT2D eigenvalue weighted by molar-refractivity contribution is 5.18. The van der Waals surface area contributed by atoms with E-state index >= 15 is 0 Å². The zero-order chi connectivity index (χ0) is 9.14. The molecule has 5 heteroatoms. The van der Waals surface area contributed by atoms with Crippen LogP contribution in [0, 0.1) is 5.95 Å². The number of pyridine rings is 1. The Morgan fingerprint density at radius 3 is 2.58 bits per heavy atom. The van der Waals surface area contributed by atoms with Crippen LogP contribution >= 0.6 is 0 Å².